The van der Waals surface area contributed by atoms with E-state index in [-0.39, 0.29) is 24.1 Å². The number of carbonyl (C=O) groups excluding carboxylic acids is 2. The van der Waals surface area contributed by atoms with Gasteiger partial charge in [-0.05, 0) is 51.0 Å². The van der Waals surface area contributed by atoms with Gasteiger partial charge >= 0.3 is 0 Å². The first kappa shape index (κ1) is 30.7. The number of ether oxygens (including phenoxy) is 2. The predicted molar refractivity (Wildman–Crippen MR) is 172 cm³/mol. The van der Waals surface area contributed by atoms with E-state index in [2.05, 4.69) is 17.1 Å². The molecule has 3 aliphatic rings. The third-order valence-electron chi connectivity index (χ3n) is 9.57. The highest BCUT2D eigenvalue weighted by molar-refractivity contribution is 6.09. The van der Waals surface area contributed by atoms with Crippen LogP contribution in [0.15, 0.2) is 54.6 Å². The maximum Gasteiger partial charge on any atom is 0.252 e. The summed E-state index contributed by atoms with van der Waals surface area (Å²) in [5.41, 5.74) is 4.12. The van der Waals surface area contributed by atoms with Gasteiger partial charge in [-0.15, -0.1) is 0 Å². The van der Waals surface area contributed by atoms with Gasteiger partial charge in [0.1, 0.15) is 0 Å². The van der Waals surface area contributed by atoms with Gasteiger partial charge in [0.25, 0.3) is 5.91 Å². The molecule has 1 saturated carbocycles. The van der Waals surface area contributed by atoms with Crippen molar-refractivity contribution in [2.75, 3.05) is 39.4 Å². The first-order valence-corrected chi connectivity index (χ1v) is 16.6. The zero-order chi connectivity index (χ0) is 30.3. The Morgan fingerprint density at radius 2 is 1.77 bits per heavy atom. The number of hydrogen-bond donors (Lipinski definition) is 1. The van der Waals surface area contributed by atoms with Crippen LogP contribution in [0.3, 0.4) is 0 Å². The van der Waals surface area contributed by atoms with E-state index in [0.717, 1.165) is 66.4 Å². The van der Waals surface area contributed by atoms with Gasteiger partial charge in [0.2, 0.25) is 5.91 Å². The number of nitrogens with one attached hydrogen (secondary N) is 1. The second-order valence-electron chi connectivity index (χ2n) is 12.6. The molecule has 1 unspecified atom stereocenters. The fourth-order valence-corrected chi connectivity index (χ4v) is 7.02. The molecular formula is C36H46N4O4. The highest BCUT2D eigenvalue weighted by atomic mass is 16.7. The van der Waals surface area contributed by atoms with Crippen LogP contribution in [0.1, 0.15) is 74.2 Å². The normalized spacial score (nSPS) is 21.0. The van der Waals surface area contributed by atoms with Gasteiger partial charge < -0.3 is 19.7 Å². The summed E-state index contributed by atoms with van der Waals surface area (Å²) < 4.78 is 11.6. The molecule has 3 fully saturated rings. The molecule has 2 aromatic carbocycles. The molecule has 2 atom stereocenters. The van der Waals surface area contributed by atoms with E-state index in [1.165, 1.54) is 19.3 Å². The Hall–Kier alpha value is -3.33. The van der Waals surface area contributed by atoms with Crippen LogP contribution < -0.4 is 5.32 Å². The van der Waals surface area contributed by atoms with E-state index in [9.17, 15) is 9.59 Å². The van der Waals surface area contributed by atoms with Crippen LogP contribution in [0.25, 0.3) is 22.2 Å². The predicted octanol–water partition coefficient (Wildman–Crippen LogP) is 5.79. The fraction of sp³-hybridized carbons (Fsp3) is 0.528. The molecule has 44 heavy (non-hydrogen) atoms. The second kappa shape index (κ2) is 14.6. The van der Waals surface area contributed by atoms with Crippen LogP contribution in [0.4, 0.5) is 0 Å². The van der Waals surface area contributed by atoms with Crippen LogP contribution in [0.2, 0.25) is 0 Å². The molecule has 2 saturated heterocycles. The standard InChI is InChI=1S/C36H46N4O4/c1-26(27-12-4-2-5-13-27)37-36(42)34-29-16-8-9-17-31(29)38-35(28-14-6-3-7-15-28)30(34)24-39-19-20-40(32(41)25-39)21-23-44-33-18-10-11-22-43-33/h3,6-9,14-17,26-27,33H,2,4-5,10-13,18-25H2,1H3,(H,37,42)/t26?,33-/m0/s1. The lowest BCUT2D eigenvalue weighted by atomic mass is 9.84. The molecular weight excluding hydrogens is 552 g/mol. The zero-order valence-corrected chi connectivity index (χ0v) is 26.0. The lowest BCUT2D eigenvalue weighted by Crippen LogP contribution is -2.51. The molecule has 3 aromatic rings. The van der Waals surface area contributed by atoms with Crippen LogP contribution in [-0.2, 0) is 20.8 Å². The summed E-state index contributed by atoms with van der Waals surface area (Å²) in [4.78, 5) is 36.7. The van der Waals surface area contributed by atoms with E-state index >= 15 is 0 Å². The number of benzene rings is 2. The van der Waals surface area contributed by atoms with Gasteiger partial charge in [-0.2, -0.15) is 0 Å². The number of carbonyl (C=O) groups is 2. The average Bonchev–Trinajstić information content (AvgIpc) is 3.06. The Balaban J connectivity index is 1.25. The Kier molecular flexibility index (Phi) is 10.2. The zero-order valence-electron chi connectivity index (χ0n) is 26.0. The highest BCUT2D eigenvalue weighted by Crippen LogP contribution is 2.33. The number of aromatic nitrogens is 1. The van der Waals surface area contributed by atoms with E-state index in [1.807, 2.05) is 59.5 Å². The van der Waals surface area contributed by atoms with Crippen molar-refractivity contribution in [3.63, 3.8) is 0 Å². The van der Waals surface area contributed by atoms with Crippen molar-refractivity contribution in [1.29, 1.82) is 0 Å². The molecule has 0 radical (unpaired) electrons. The number of amides is 2. The van der Waals surface area contributed by atoms with E-state index < -0.39 is 0 Å². The summed E-state index contributed by atoms with van der Waals surface area (Å²) in [6, 6.07) is 18.1. The molecule has 2 aliphatic heterocycles. The summed E-state index contributed by atoms with van der Waals surface area (Å²) in [6.45, 7) is 6.03. The monoisotopic (exact) mass is 598 g/mol. The van der Waals surface area contributed by atoms with E-state index in [0.29, 0.717) is 50.8 Å². The van der Waals surface area contributed by atoms with Gasteiger partial charge in [0.15, 0.2) is 6.29 Å². The van der Waals surface area contributed by atoms with Crippen molar-refractivity contribution < 1.29 is 19.1 Å². The molecule has 6 rings (SSSR count). The Bertz CT molecular complexity index is 1420. The summed E-state index contributed by atoms with van der Waals surface area (Å²) in [5.74, 6) is 0.523. The van der Waals surface area contributed by atoms with Crippen molar-refractivity contribution in [2.45, 2.75) is 77.2 Å². The Labute approximate surface area is 261 Å². The van der Waals surface area contributed by atoms with Gasteiger partial charge in [0.05, 0.1) is 29.9 Å². The molecule has 1 aliphatic carbocycles. The SMILES string of the molecule is CC(NC(=O)c1c(CN2CCN(CCO[C@H]3CCCCO3)C(=O)C2)c(-c2ccccc2)nc2ccccc12)C1CCCCC1. The van der Waals surface area contributed by atoms with Crippen molar-refractivity contribution in [3.05, 3.63) is 65.7 Å². The number of hydrogen-bond acceptors (Lipinski definition) is 6. The molecule has 1 aromatic heterocycles. The van der Waals surface area contributed by atoms with Crippen LogP contribution in [-0.4, -0.2) is 78.3 Å². The minimum absolute atomic E-state index is 0.0547. The van der Waals surface area contributed by atoms with Crippen LogP contribution in [0.5, 0.6) is 0 Å². The summed E-state index contributed by atoms with van der Waals surface area (Å²) >= 11 is 0. The lowest BCUT2D eigenvalue weighted by molar-refractivity contribution is -0.167. The molecule has 0 bridgehead atoms. The van der Waals surface area contributed by atoms with Crippen molar-refractivity contribution in [1.82, 2.24) is 20.1 Å². The van der Waals surface area contributed by atoms with Gasteiger partial charge in [-0.25, -0.2) is 4.98 Å². The molecule has 8 heteroatoms. The summed E-state index contributed by atoms with van der Waals surface area (Å²) in [7, 11) is 0. The third-order valence-corrected chi connectivity index (χ3v) is 9.57. The summed E-state index contributed by atoms with van der Waals surface area (Å²) in [5, 5.41) is 4.25. The molecule has 8 nitrogen and oxygen atoms in total. The maximum atomic E-state index is 14.3. The minimum Gasteiger partial charge on any atom is -0.353 e. The topological polar surface area (TPSA) is 84.0 Å². The third kappa shape index (κ3) is 7.31. The summed E-state index contributed by atoms with van der Waals surface area (Å²) in [6.07, 6.45) is 9.03. The van der Waals surface area contributed by atoms with E-state index in [1.54, 1.807) is 0 Å². The number of fused-ring (bicyclic) bond motifs is 1. The molecule has 2 amide bonds. The van der Waals surface area contributed by atoms with Crippen LogP contribution in [0, 0.1) is 5.92 Å². The first-order valence-electron chi connectivity index (χ1n) is 16.6. The highest BCUT2D eigenvalue weighted by Gasteiger charge is 2.30. The number of nitrogens with zero attached hydrogens (tertiary/aromatic N) is 3. The number of piperazine rings is 1. The largest absolute Gasteiger partial charge is 0.353 e. The number of rotatable bonds is 10. The number of para-hydroxylation sites is 1. The quantitative estimate of drug-likeness (QED) is 0.318. The van der Waals surface area contributed by atoms with Crippen molar-refractivity contribution >= 4 is 22.7 Å². The Morgan fingerprint density at radius 3 is 2.55 bits per heavy atom. The molecule has 0 spiro atoms. The second-order valence-corrected chi connectivity index (χ2v) is 12.6. The average molecular weight is 599 g/mol. The first-order chi connectivity index (χ1) is 21.6. The van der Waals surface area contributed by atoms with Crippen molar-refractivity contribution in [2.24, 2.45) is 5.92 Å². The smallest absolute Gasteiger partial charge is 0.252 e. The van der Waals surface area contributed by atoms with Crippen molar-refractivity contribution in [3.8, 4) is 11.3 Å². The van der Waals surface area contributed by atoms with Gasteiger partial charge in [0, 0.05) is 55.3 Å². The van der Waals surface area contributed by atoms with Gasteiger partial charge in [-0.1, -0.05) is 67.8 Å². The fourth-order valence-electron chi connectivity index (χ4n) is 7.02. The Morgan fingerprint density at radius 1 is 1.00 bits per heavy atom. The molecule has 234 valence electrons. The van der Waals surface area contributed by atoms with Gasteiger partial charge in [-0.3, -0.25) is 14.5 Å². The minimum atomic E-state index is -0.151. The number of pyridine rings is 1. The molecule has 1 N–H and O–H groups in total. The molecule has 3 heterocycles. The maximum absolute atomic E-state index is 14.3. The van der Waals surface area contributed by atoms with E-state index in [4.69, 9.17) is 14.5 Å². The lowest BCUT2D eigenvalue weighted by Gasteiger charge is -2.35. The van der Waals surface area contributed by atoms with Crippen LogP contribution >= 0.6 is 0 Å².